The Bertz CT molecular complexity index is 1180. The largest absolute Gasteiger partial charge is 0.456 e. The van der Waals surface area contributed by atoms with Gasteiger partial charge in [-0.1, -0.05) is 42.5 Å². The molecule has 0 N–H and O–H groups in total. The third kappa shape index (κ3) is 2.16. The lowest BCUT2D eigenvalue weighted by atomic mass is 10.1. The van der Waals surface area contributed by atoms with E-state index in [1.54, 1.807) is 6.20 Å². The van der Waals surface area contributed by atoms with E-state index < -0.39 is 7.92 Å². The van der Waals surface area contributed by atoms with Gasteiger partial charge in [0.05, 0.1) is 5.30 Å². The van der Waals surface area contributed by atoms with Crippen LogP contribution in [0.25, 0.3) is 11.1 Å². The normalized spacial score (nSPS) is 15.6. The Hall–Kier alpha value is -3.16. The monoisotopic (exact) mass is 367 g/mol. The second-order valence-corrected chi connectivity index (χ2v) is 8.59. The zero-order valence-electron chi connectivity index (χ0n) is 14.3. The highest BCUT2D eigenvalue weighted by Gasteiger charge is 2.37. The summed E-state index contributed by atoms with van der Waals surface area (Å²) in [5.41, 5.74) is 2.09. The molecule has 3 nitrogen and oxygen atoms in total. The van der Waals surface area contributed by atoms with E-state index in [4.69, 9.17) is 9.47 Å². The van der Waals surface area contributed by atoms with Crippen molar-refractivity contribution in [2.75, 3.05) is 0 Å². The van der Waals surface area contributed by atoms with Gasteiger partial charge in [-0.25, -0.2) is 0 Å². The summed E-state index contributed by atoms with van der Waals surface area (Å²) in [6.45, 7) is 0. The zero-order valence-corrected chi connectivity index (χ0v) is 15.2. The summed E-state index contributed by atoms with van der Waals surface area (Å²) in [5.74, 6) is 3.64. The van der Waals surface area contributed by atoms with Crippen LogP contribution in [0.4, 0.5) is 0 Å². The van der Waals surface area contributed by atoms with Crippen molar-refractivity contribution < 1.29 is 9.47 Å². The summed E-state index contributed by atoms with van der Waals surface area (Å²) in [7, 11) is -0.728. The molecule has 0 amide bonds. The Kier molecular flexibility index (Phi) is 3.14. The minimum Gasteiger partial charge on any atom is -0.456 e. The first kappa shape index (κ1) is 15.0. The highest BCUT2D eigenvalue weighted by Crippen LogP contribution is 2.54. The Labute approximate surface area is 158 Å². The molecule has 2 aliphatic rings. The van der Waals surface area contributed by atoms with E-state index in [0.717, 1.165) is 39.4 Å². The number of ether oxygens (including phenoxy) is 2. The van der Waals surface area contributed by atoms with Crippen LogP contribution in [0.1, 0.15) is 0 Å². The van der Waals surface area contributed by atoms with Gasteiger partial charge >= 0.3 is 0 Å². The maximum absolute atomic E-state index is 6.43. The number of aromatic nitrogens is 1. The van der Waals surface area contributed by atoms with Gasteiger partial charge in [0.15, 0.2) is 0 Å². The molecular formula is C23H14NO2P. The van der Waals surface area contributed by atoms with Gasteiger partial charge in [-0.2, -0.15) is 0 Å². The lowest BCUT2D eigenvalue weighted by molar-refractivity contribution is 0.467. The second kappa shape index (κ2) is 5.67. The minimum absolute atomic E-state index is 0.728. The average Bonchev–Trinajstić information content (AvgIpc) is 2.74. The number of hydrogen-bond acceptors (Lipinski definition) is 3. The molecule has 0 aliphatic carbocycles. The molecule has 3 aromatic carbocycles. The summed E-state index contributed by atoms with van der Waals surface area (Å²) < 4.78 is 12.7. The topological polar surface area (TPSA) is 31.4 Å². The van der Waals surface area contributed by atoms with E-state index in [0.29, 0.717) is 0 Å². The third-order valence-corrected chi connectivity index (χ3v) is 7.51. The van der Waals surface area contributed by atoms with Gasteiger partial charge in [0, 0.05) is 42.1 Å². The molecule has 0 spiro atoms. The Morgan fingerprint density at radius 3 is 2.15 bits per heavy atom. The standard InChI is InChI=1S/C23H14NO2P/c1-3-9-20-17(7-1)25-19-12-11-16(15-6-5-13-24-14-15)22-23(19)27(20)21-10-4-2-8-18(21)26-22/h1-14H. The molecule has 0 bridgehead atoms. The summed E-state index contributed by atoms with van der Waals surface area (Å²) >= 11 is 0. The number of benzene rings is 3. The van der Waals surface area contributed by atoms with Gasteiger partial charge < -0.3 is 9.47 Å². The van der Waals surface area contributed by atoms with Gasteiger partial charge in [-0.3, -0.25) is 4.98 Å². The number of rotatable bonds is 1. The first-order valence-electron chi connectivity index (χ1n) is 8.81. The molecular weight excluding hydrogens is 353 g/mol. The van der Waals surface area contributed by atoms with Crippen LogP contribution in [0.15, 0.2) is 85.2 Å². The fraction of sp³-hybridized carbons (Fsp3) is 0. The molecule has 128 valence electrons. The number of para-hydroxylation sites is 2. The van der Waals surface area contributed by atoms with Gasteiger partial charge in [0.1, 0.15) is 23.0 Å². The maximum atomic E-state index is 6.43. The van der Waals surface area contributed by atoms with Crippen molar-refractivity contribution in [3.8, 4) is 34.1 Å². The van der Waals surface area contributed by atoms with Gasteiger partial charge in [-0.05, 0) is 30.3 Å². The zero-order chi connectivity index (χ0) is 17.8. The van der Waals surface area contributed by atoms with Crippen molar-refractivity contribution in [2.45, 2.75) is 0 Å². The maximum Gasteiger partial charge on any atom is 0.147 e. The molecule has 0 radical (unpaired) electrons. The lowest BCUT2D eigenvalue weighted by Crippen LogP contribution is -2.32. The minimum atomic E-state index is -0.728. The second-order valence-electron chi connectivity index (χ2n) is 6.51. The molecule has 4 heteroatoms. The van der Waals surface area contributed by atoms with Crippen LogP contribution in [0.2, 0.25) is 0 Å². The van der Waals surface area contributed by atoms with Gasteiger partial charge in [-0.15, -0.1) is 0 Å². The van der Waals surface area contributed by atoms with Crippen molar-refractivity contribution in [3.63, 3.8) is 0 Å². The van der Waals surface area contributed by atoms with Crippen molar-refractivity contribution in [2.24, 2.45) is 0 Å². The molecule has 1 atom stereocenters. The quantitative estimate of drug-likeness (QED) is 0.394. The SMILES string of the molecule is c1cncc(-c2ccc3c4c2Oc2ccccc2P4c2ccccc2O3)c1. The first-order chi connectivity index (χ1) is 13.4. The van der Waals surface area contributed by atoms with E-state index in [2.05, 4.69) is 53.5 Å². The molecule has 0 saturated carbocycles. The highest BCUT2D eigenvalue weighted by atomic mass is 31.1. The predicted octanol–water partition coefficient (Wildman–Crippen LogP) is 4.72. The molecule has 27 heavy (non-hydrogen) atoms. The van der Waals surface area contributed by atoms with Crippen LogP contribution >= 0.6 is 7.92 Å². The predicted molar refractivity (Wildman–Crippen MR) is 109 cm³/mol. The summed E-state index contributed by atoms with van der Waals surface area (Å²) in [6, 6.07) is 24.8. The van der Waals surface area contributed by atoms with Gasteiger partial charge in [0.25, 0.3) is 0 Å². The van der Waals surface area contributed by atoms with Crippen LogP contribution in [0.3, 0.4) is 0 Å². The summed E-state index contributed by atoms with van der Waals surface area (Å²) in [5, 5.41) is 3.63. The molecule has 0 fully saturated rings. The van der Waals surface area contributed by atoms with Gasteiger partial charge in [0.2, 0.25) is 0 Å². The summed E-state index contributed by atoms with van der Waals surface area (Å²) in [4.78, 5) is 4.28. The van der Waals surface area contributed by atoms with Crippen molar-refractivity contribution in [1.29, 1.82) is 0 Å². The Balaban J connectivity index is 1.68. The molecule has 1 aromatic heterocycles. The molecule has 3 heterocycles. The average molecular weight is 367 g/mol. The molecule has 4 aromatic rings. The van der Waals surface area contributed by atoms with E-state index >= 15 is 0 Å². The van der Waals surface area contributed by atoms with Crippen LogP contribution in [0.5, 0.6) is 23.0 Å². The van der Waals surface area contributed by atoms with E-state index in [9.17, 15) is 0 Å². The number of pyridine rings is 1. The highest BCUT2D eigenvalue weighted by molar-refractivity contribution is 7.80. The number of nitrogens with zero attached hydrogens (tertiary/aromatic N) is 1. The Morgan fingerprint density at radius 2 is 1.41 bits per heavy atom. The molecule has 0 saturated heterocycles. The Morgan fingerprint density at radius 1 is 0.667 bits per heavy atom. The smallest absolute Gasteiger partial charge is 0.147 e. The molecule has 6 rings (SSSR count). The molecule has 1 unspecified atom stereocenters. The van der Waals surface area contributed by atoms with Crippen molar-refractivity contribution in [1.82, 2.24) is 4.98 Å². The number of hydrogen-bond donors (Lipinski definition) is 0. The van der Waals surface area contributed by atoms with E-state index in [1.165, 1.54) is 10.6 Å². The van der Waals surface area contributed by atoms with Crippen LogP contribution < -0.4 is 25.4 Å². The summed E-state index contributed by atoms with van der Waals surface area (Å²) in [6.07, 6.45) is 3.66. The van der Waals surface area contributed by atoms with Crippen molar-refractivity contribution in [3.05, 3.63) is 85.2 Å². The van der Waals surface area contributed by atoms with Crippen LogP contribution in [0, 0.1) is 0 Å². The fourth-order valence-corrected chi connectivity index (χ4v) is 6.36. The van der Waals surface area contributed by atoms with E-state index in [1.807, 2.05) is 30.5 Å². The third-order valence-electron chi connectivity index (χ3n) is 4.93. The van der Waals surface area contributed by atoms with Crippen LogP contribution in [-0.2, 0) is 0 Å². The number of fused-ring (bicyclic) bond motifs is 4. The van der Waals surface area contributed by atoms with Crippen LogP contribution in [-0.4, -0.2) is 4.98 Å². The lowest BCUT2D eigenvalue weighted by Gasteiger charge is -2.35. The molecule has 2 aliphatic heterocycles. The van der Waals surface area contributed by atoms with Crippen molar-refractivity contribution >= 4 is 23.8 Å². The fourth-order valence-electron chi connectivity index (χ4n) is 3.76. The van der Waals surface area contributed by atoms with E-state index in [-0.39, 0.29) is 0 Å². The first-order valence-corrected chi connectivity index (χ1v) is 10.2.